The summed E-state index contributed by atoms with van der Waals surface area (Å²) < 4.78 is 10.5. The third-order valence-electron chi connectivity index (χ3n) is 3.95. The number of hydrogen-bond donors (Lipinski definition) is 2. The number of carboxylic acid groups (broad SMARTS) is 1. The monoisotopic (exact) mass is 291 g/mol. The topological polar surface area (TPSA) is 84.9 Å². The molecule has 3 rings (SSSR count). The van der Waals surface area contributed by atoms with Crippen LogP contribution in [-0.4, -0.2) is 29.8 Å². The Morgan fingerprint density at radius 1 is 1.24 bits per heavy atom. The van der Waals surface area contributed by atoms with Gasteiger partial charge < -0.3 is 19.9 Å². The second-order valence-corrected chi connectivity index (χ2v) is 5.48. The fraction of sp³-hybridized carbons (Fsp3) is 0.467. The molecule has 0 aromatic heterocycles. The van der Waals surface area contributed by atoms with E-state index in [1.54, 1.807) is 12.1 Å². The molecular weight excluding hydrogens is 274 g/mol. The van der Waals surface area contributed by atoms with E-state index in [1.165, 1.54) is 0 Å². The minimum atomic E-state index is -0.775. The summed E-state index contributed by atoms with van der Waals surface area (Å²) in [6.07, 6.45) is 2.13. The van der Waals surface area contributed by atoms with Gasteiger partial charge in [-0.05, 0) is 37.0 Å². The average Bonchev–Trinajstić information content (AvgIpc) is 3.06. The SMILES string of the molecule is O=C(Cc1ccc2c(c1)OCO2)N[C@H]1CC[C@@H](C(=O)O)C1. The van der Waals surface area contributed by atoms with Crippen molar-refractivity contribution in [2.24, 2.45) is 5.92 Å². The molecule has 1 heterocycles. The molecule has 1 aromatic rings. The summed E-state index contributed by atoms with van der Waals surface area (Å²) in [4.78, 5) is 22.9. The highest BCUT2D eigenvalue weighted by atomic mass is 16.7. The number of nitrogens with one attached hydrogen (secondary N) is 1. The normalized spacial score (nSPS) is 23.0. The Morgan fingerprint density at radius 2 is 2.05 bits per heavy atom. The molecule has 0 spiro atoms. The minimum Gasteiger partial charge on any atom is -0.481 e. The molecule has 0 radical (unpaired) electrons. The molecule has 112 valence electrons. The van der Waals surface area contributed by atoms with Crippen LogP contribution in [0.1, 0.15) is 24.8 Å². The number of carbonyl (C=O) groups is 2. The van der Waals surface area contributed by atoms with E-state index in [-0.39, 0.29) is 31.1 Å². The molecule has 2 aliphatic rings. The zero-order valence-corrected chi connectivity index (χ0v) is 11.5. The molecule has 6 heteroatoms. The van der Waals surface area contributed by atoms with E-state index in [2.05, 4.69) is 5.32 Å². The van der Waals surface area contributed by atoms with Crippen molar-refractivity contribution in [3.8, 4) is 11.5 Å². The van der Waals surface area contributed by atoms with E-state index < -0.39 is 5.97 Å². The van der Waals surface area contributed by atoms with Crippen molar-refractivity contribution >= 4 is 11.9 Å². The summed E-state index contributed by atoms with van der Waals surface area (Å²) in [5.41, 5.74) is 0.851. The van der Waals surface area contributed by atoms with Crippen LogP contribution in [0, 0.1) is 5.92 Å². The quantitative estimate of drug-likeness (QED) is 0.874. The fourth-order valence-corrected chi connectivity index (χ4v) is 2.85. The number of fused-ring (bicyclic) bond motifs is 1. The predicted octanol–water partition coefficient (Wildman–Crippen LogP) is 1.33. The van der Waals surface area contributed by atoms with Gasteiger partial charge in [0.15, 0.2) is 11.5 Å². The Kier molecular flexibility index (Phi) is 3.68. The summed E-state index contributed by atoms with van der Waals surface area (Å²) in [7, 11) is 0. The van der Waals surface area contributed by atoms with Crippen molar-refractivity contribution < 1.29 is 24.2 Å². The van der Waals surface area contributed by atoms with E-state index in [9.17, 15) is 9.59 Å². The molecule has 1 aliphatic carbocycles. The molecule has 2 N–H and O–H groups in total. The standard InChI is InChI=1S/C15H17NO5/c17-14(16-11-3-2-10(7-11)15(18)19)6-9-1-4-12-13(5-9)21-8-20-12/h1,4-5,10-11H,2-3,6-8H2,(H,16,17)(H,18,19)/t10-,11+/m1/s1. The lowest BCUT2D eigenvalue weighted by molar-refractivity contribution is -0.141. The summed E-state index contributed by atoms with van der Waals surface area (Å²) in [5.74, 6) is 0.152. The molecular formula is C15H17NO5. The first-order valence-electron chi connectivity index (χ1n) is 7.02. The van der Waals surface area contributed by atoms with Gasteiger partial charge in [0.2, 0.25) is 12.7 Å². The molecule has 1 amide bonds. The van der Waals surface area contributed by atoms with Gasteiger partial charge in [-0.15, -0.1) is 0 Å². The van der Waals surface area contributed by atoms with Gasteiger partial charge in [0.1, 0.15) is 0 Å². The molecule has 2 atom stereocenters. The van der Waals surface area contributed by atoms with Crippen molar-refractivity contribution in [3.63, 3.8) is 0 Å². The predicted molar refractivity (Wildman–Crippen MR) is 73.2 cm³/mol. The molecule has 1 saturated carbocycles. The molecule has 0 unspecified atom stereocenters. The van der Waals surface area contributed by atoms with Gasteiger partial charge >= 0.3 is 5.97 Å². The van der Waals surface area contributed by atoms with Crippen molar-refractivity contribution in [2.75, 3.05) is 6.79 Å². The number of hydrogen-bond acceptors (Lipinski definition) is 4. The number of amides is 1. The molecule has 6 nitrogen and oxygen atoms in total. The van der Waals surface area contributed by atoms with Crippen molar-refractivity contribution in [1.82, 2.24) is 5.32 Å². The van der Waals surface area contributed by atoms with Crippen LogP contribution in [0.4, 0.5) is 0 Å². The van der Waals surface area contributed by atoms with Crippen LogP contribution in [0.15, 0.2) is 18.2 Å². The second-order valence-electron chi connectivity index (χ2n) is 5.48. The van der Waals surface area contributed by atoms with Gasteiger partial charge in [-0.25, -0.2) is 0 Å². The first kappa shape index (κ1) is 13.7. The molecule has 1 fully saturated rings. The van der Waals surface area contributed by atoms with Crippen LogP contribution >= 0.6 is 0 Å². The summed E-state index contributed by atoms with van der Waals surface area (Å²) >= 11 is 0. The fourth-order valence-electron chi connectivity index (χ4n) is 2.85. The highest BCUT2D eigenvalue weighted by molar-refractivity contribution is 5.79. The van der Waals surface area contributed by atoms with E-state index in [4.69, 9.17) is 14.6 Å². The lowest BCUT2D eigenvalue weighted by Gasteiger charge is -2.12. The first-order chi connectivity index (χ1) is 10.1. The van der Waals surface area contributed by atoms with Crippen molar-refractivity contribution in [3.05, 3.63) is 23.8 Å². The molecule has 21 heavy (non-hydrogen) atoms. The van der Waals surface area contributed by atoms with Gasteiger partial charge in [0.05, 0.1) is 12.3 Å². The highest BCUT2D eigenvalue weighted by Crippen LogP contribution is 2.32. The molecule has 1 aromatic carbocycles. The van der Waals surface area contributed by atoms with Gasteiger partial charge in [0, 0.05) is 6.04 Å². The smallest absolute Gasteiger partial charge is 0.306 e. The largest absolute Gasteiger partial charge is 0.481 e. The Balaban J connectivity index is 1.54. The van der Waals surface area contributed by atoms with Crippen LogP contribution < -0.4 is 14.8 Å². The zero-order chi connectivity index (χ0) is 14.8. The Hall–Kier alpha value is -2.24. The minimum absolute atomic E-state index is 0.0346. The maximum Gasteiger partial charge on any atom is 0.306 e. The van der Waals surface area contributed by atoms with E-state index in [0.717, 1.165) is 12.0 Å². The average molecular weight is 291 g/mol. The zero-order valence-electron chi connectivity index (χ0n) is 11.5. The molecule has 0 bridgehead atoms. The van der Waals surface area contributed by atoms with Crippen molar-refractivity contribution in [1.29, 1.82) is 0 Å². The number of rotatable bonds is 4. The Labute approximate surface area is 122 Å². The Morgan fingerprint density at radius 3 is 2.81 bits per heavy atom. The third kappa shape index (κ3) is 3.09. The number of carboxylic acids is 1. The molecule has 1 aliphatic heterocycles. The number of benzene rings is 1. The summed E-state index contributed by atoms with van der Waals surface area (Å²) in [5, 5.41) is 11.9. The summed E-state index contributed by atoms with van der Waals surface area (Å²) in [6, 6.07) is 5.40. The maximum absolute atomic E-state index is 12.0. The molecule has 0 saturated heterocycles. The lowest BCUT2D eigenvalue weighted by Crippen LogP contribution is -2.34. The van der Waals surface area contributed by atoms with E-state index in [1.807, 2.05) is 6.07 Å². The number of carbonyl (C=O) groups excluding carboxylic acids is 1. The van der Waals surface area contributed by atoms with Gasteiger partial charge in [0.25, 0.3) is 0 Å². The Bertz CT molecular complexity index is 571. The maximum atomic E-state index is 12.0. The summed E-state index contributed by atoms with van der Waals surface area (Å²) in [6.45, 7) is 0.212. The van der Waals surface area contributed by atoms with Crippen LogP contribution in [0.5, 0.6) is 11.5 Å². The van der Waals surface area contributed by atoms with E-state index in [0.29, 0.717) is 24.3 Å². The van der Waals surface area contributed by atoms with Crippen LogP contribution in [0.3, 0.4) is 0 Å². The van der Waals surface area contributed by atoms with Crippen molar-refractivity contribution in [2.45, 2.75) is 31.7 Å². The van der Waals surface area contributed by atoms with Crippen LogP contribution in [-0.2, 0) is 16.0 Å². The highest BCUT2D eigenvalue weighted by Gasteiger charge is 2.30. The number of ether oxygens (including phenoxy) is 2. The van der Waals surface area contributed by atoms with Gasteiger partial charge in [-0.1, -0.05) is 6.07 Å². The number of aliphatic carboxylic acids is 1. The second kappa shape index (κ2) is 5.63. The van der Waals surface area contributed by atoms with Crippen LogP contribution in [0.2, 0.25) is 0 Å². The lowest BCUT2D eigenvalue weighted by atomic mass is 10.1. The van der Waals surface area contributed by atoms with Gasteiger partial charge in [-0.3, -0.25) is 9.59 Å². The van der Waals surface area contributed by atoms with E-state index >= 15 is 0 Å². The third-order valence-corrected chi connectivity index (χ3v) is 3.95. The first-order valence-corrected chi connectivity index (χ1v) is 7.02. The van der Waals surface area contributed by atoms with Gasteiger partial charge in [-0.2, -0.15) is 0 Å². The van der Waals surface area contributed by atoms with Crippen LogP contribution in [0.25, 0.3) is 0 Å².